The van der Waals surface area contributed by atoms with Crippen molar-refractivity contribution in [1.29, 1.82) is 0 Å². The van der Waals surface area contributed by atoms with Gasteiger partial charge in [0.25, 0.3) is 0 Å². The number of fused-ring (bicyclic) bond motifs is 1. The van der Waals surface area contributed by atoms with E-state index in [0.29, 0.717) is 22.7 Å². The highest BCUT2D eigenvalue weighted by Crippen LogP contribution is 2.31. The number of anilines is 1. The fraction of sp³-hybridized carbons (Fsp3) is 0.250. The Labute approximate surface area is 150 Å². The topological polar surface area (TPSA) is 83.6 Å². The van der Waals surface area contributed by atoms with Gasteiger partial charge in [0.2, 0.25) is 11.8 Å². The zero-order valence-corrected chi connectivity index (χ0v) is 14.5. The predicted octanol–water partition coefficient (Wildman–Crippen LogP) is 3.55. The summed E-state index contributed by atoms with van der Waals surface area (Å²) in [6, 6.07) is 11.4. The normalized spacial score (nSPS) is 17.2. The minimum Gasteiger partial charge on any atom is -0.481 e. The van der Waals surface area contributed by atoms with Gasteiger partial charge in [0.15, 0.2) is 5.58 Å². The minimum absolute atomic E-state index is 0.0278. The van der Waals surface area contributed by atoms with Crippen LogP contribution < -0.4 is 4.90 Å². The molecule has 3 aromatic rings. The second kappa shape index (κ2) is 5.98. The summed E-state index contributed by atoms with van der Waals surface area (Å²) in [5, 5.41) is 9.14. The summed E-state index contributed by atoms with van der Waals surface area (Å²) in [7, 11) is 0. The zero-order chi connectivity index (χ0) is 18.4. The number of aromatic nitrogens is 1. The molecule has 6 heteroatoms. The molecule has 1 saturated heterocycles. The molecule has 1 aliphatic rings. The fourth-order valence-electron chi connectivity index (χ4n) is 3.38. The number of aryl methyl sites for hydroxylation is 2. The molecule has 1 fully saturated rings. The van der Waals surface area contributed by atoms with E-state index >= 15 is 0 Å². The van der Waals surface area contributed by atoms with Crippen molar-refractivity contribution in [2.75, 3.05) is 11.4 Å². The standard InChI is InChI=1S/C20H18N2O4/c1-11-3-5-15(12(2)7-11)19-21-16-9-14(4-6-17(16)26-19)22-10-13(20(24)25)8-18(22)23/h3-7,9,13H,8,10H2,1-2H3,(H,24,25)/t13-/m1/s1. The molecule has 0 saturated carbocycles. The highest BCUT2D eigenvalue weighted by atomic mass is 16.4. The van der Waals surface area contributed by atoms with Gasteiger partial charge in [0.1, 0.15) is 5.52 Å². The first-order valence-electron chi connectivity index (χ1n) is 8.44. The summed E-state index contributed by atoms with van der Waals surface area (Å²) in [6.45, 7) is 4.23. The molecule has 6 nitrogen and oxygen atoms in total. The van der Waals surface area contributed by atoms with Crippen LogP contribution in [0.5, 0.6) is 0 Å². The van der Waals surface area contributed by atoms with Crippen LogP contribution >= 0.6 is 0 Å². The van der Waals surface area contributed by atoms with Crippen molar-refractivity contribution in [1.82, 2.24) is 4.98 Å². The lowest BCUT2D eigenvalue weighted by Gasteiger charge is -2.15. The first kappa shape index (κ1) is 16.3. The van der Waals surface area contributed by atoms with Crippen LogP contribution in [0.15, 0.2) is 40.8 Å². The Kier molecular flexibility index (Phi) is 3.76. The van der Waals surface area contributed by atoms with Crippen LogP contribution in [-0.2, 0) is 9.59 Å². The van der Waals surface area contributed by atoms with Crippen molar-refractivity contribution < 1.29 is 19.1 Å². The Morgan fingerprint density at radius 3 is 2.73 bits per heavy atom. The van der Waals surface area contributed by atoms with Gasteiger partial charge >= 0.3 is 5.97 Å². The van der Waals surface area contributed by atoms with E-state index in [2.05, 4.69) is 11.1 Å². The summed E-state index contributed by atoms with van der Waals surface area (Å²) < 4.78 is 5.87. The highest BCUT2D eigenvalue weighted by Gasteiger charge is 2.35. The van der Waals surface area contributed by atoms with Gasteiger partial charge < -0.3 is 14.4 Å². The van der Waals surface area contributed by atoms with Crippen LogP contribution in [0.4, 0.5) is 5.69 Å². The van der Waals surface area contributed by atoms with Crippen molar-refractivity contribution in [2.24, 2.45) is 5.92 Å². The first-order valence-corrected chi connectivity index (χ1v) is 8.44. The number of hydrogen-bond donors (Lipinski definition) is 1. The molecule has 26 heavy (non-hydrogen) atoms. The van der Waals surface area contributed by atoms with E-state index in [1.807, 2.05) is 26.0 Å². The SMILES string of the molecule is Cc1ccc(-c2nc3cc(N4C[C@H](C(=O)O)CC4=O)ccc3o2)c(C)c1. The Morgan fingerprint density at radius 1 is 1.23 bits per heavy atom. The van der Waals surface area contributed by atoms with Gasteiger partial charge in [-0.1, -0.05) is 17.7 Å². The van der Waals surface area contributed by atoms with Crippen LogP contribution in [0.2, 0.25) is 0 Å². The molecule has 132 valence electrons. The number of hydrogen-bond acceptors (Lipinski definition) is 4. The Hall–Kier alpha value is -3.15. The molecule has 0 aliphatic carbocycles. The van der Waals surface area contributed by atoms with E-state index in [1.165, 1.54) is 10.5 Å². The van der Waals surface area contributed by atoms with E-state index in [9.17, 15) is 9.59 Å². The number of aliphatic carboxylic acids is 1. The lowest BCUT2D eigenvalue weighted by molar-refractivity contribution is -0.141. The molecule has 0 radical (unpaired) electrons. The molecule has 2 aromatic carbocycles. The number of carboxylic acids is 1. The maximum atomic E-state index is 12.1. The van der Waals surface area contributed by atoms with Crippen molar-refractivity contribution in [2.45, 2.75) is 20.3 Å². The minimum atomic E-state index is -0.944. The molecular formula is C20H18N2O4. The van der Waals surface area contributed by atoms with Gasteiger partial charge in [-0.2, -0.15) is 0 Å². The van der Waals surface area contributed by atoms with Crippen LogP contribution in [0.1, 0.15) is 17.5 Å². The molecule has 4 rings (SSSR count). The molecule has 0 spiro atoms. The summed E-state index contributed by atoms with van der Waals surface area (Å²) in [5.41, 5.74) is 5.10. The third-order valence-electron chi connectivity index (χ3n) is 4.77. The largest absolute Gasteiger partial charge is 0.481 e. The van der Waals surface area contributed by atoms with Crippen LogP contribution in [0.25, 0.3) is 22.6 Å². The van der Waals surface area contributed by atoms with Gasteiger partial charge in [-0.05, 0) is 43.7 Å². The maximum absolute atomic E-state index is 12.1. The van der Waals surface area contributed by atoms with Gasteiger partial charge in [-0.15, -0.1) is 0 Å². The Bertz CT molecular complexity index is 1040. The van der Waals surface area contributed by atoms with E-state index in [-0.39, 0.29) is 18.9 Å². The van der Waals surface area contributed by atoms with Crippen molar-refractivity contribution >= 4 is 28.7 Å². The quantitative estimate of drug-likeness (QED) is 0.781. The number of amides is 1. The Balaban J connectivity index is 1.70. The van der Waals surface area contributed by atoms with E-state index in [4.69, 9.17) is 9.52 Å². The van der Waals surface area contributed by atoms with Crippen molar-refractivity contribution in [3.05, 3.63) is 47.5 Å². The van der Waals surface area contributed by atoms with Crippen LogP contribution in [-0.4, -0.2) is 28.5 Å². The summed E-state index contributed by atoms with van der Waals surface area (Å²) in [6.07, 6.45) is 0.0278. The Morgan fingerprint density at radius 2 is 2.04 bits per heavy atom. The van der Waals surface area contributed by atoms with E-state index in [1.54, 1.807) is 18.2 Å². The number of rotatable bonds is 3. The van der Waals surface area contributed by atoms with Gasteiger partial charge in [-0.3, -0.25) is 9.59 Å². The molecule has 1 N–H and O–H groups in total. The molecule has 2 heterocycles. The summed E-state index contributed by atoms with van der Waals surface area (Å²) in [4.78, 5) is 29.4. The summed E-state index contributed by atoms with van der Waals surface area (Å²) in [5.74, 6) is -1.26. The maximum Gasteiger partial charge on any atom is 0.308 e. The molecule has 0 unspecified atom stereocenters. The third kappa shape index (κ3) is 2.73. The first-order chi connectivity index (χ1) is 12.4. The van der Waals surface area contributed by atoms with Crippen LogP contribution in [0, 0.1) is 19.8 Å². The van der Waals surface area contributed by atoms with E-state index in [0.717, 1.165) is 11.1 Å². The van der Waals surface area contributed by atoms with Gasteiger partial charge in [0, 0.05) is 24.2 Å². The number of carbonyl (C=O) groups excluding carboxylic acids is 1. The van der Waals surface area contributed by atoms with E-state index < -0.39 is 11.9 Å². The number of carboxylic acid groups (broad SMARTS) is 1. The number of benzene rings is 2. The lowest BCUT2D eigenvalue weighted by Crippen LogP contribution is -2.25. The average molecular weight is 350 g/mol. The zero-order valence-electron chi connectivity index (χ0n) is 14.5. The highest BCUT2D eigenvalue weighted by molar-refractivity contribution is 6.00. The number of oxazole rings is 1. The van der Waals surface area contributed by atoms with Crippen molar-refractivity contribution in [3.8, 4) is 11.5 Å². The molecule has 1 aromatic heterocycles. The van der Waals surface area contributed by atoms with Gasteiger partial charge in [-0.25, -0.2) is 4.98 Å². The third-order valence-corrected chi connectivity index (χ3v) is 4.77. The molecule has 1 aliphatic heterocycles. The second-order valence-electron chi connectivity index (χ2n) is 6.73. The molecule has 1 atom stereocenters. The predicted molar refractivity (Wildman–Crippen MR) is 97.0 cm³/mol. The summed E-state index contributed by atoms with van der Waals surface area (Å²) >= 11 is 0. The smallest absolute Gasteiger partial charge is 0.308 e. The number of nitrogens with zero attached hydrogens (tertiary/aromatic N) is 2. The van der Waals surface area contributed by atoms with Gasteiger partial charge in [0.05, 0.1) is 5.92 Å². The van der Waals surface area contributed by atoms with Crippen molar-refractivity contribution in [3.63, 3.8) is 0 Å². The molecular weight excluding hydrogens is 332 g/mol. The molecule has 1 amide bonds. The number of carbonyl (C=O) groups is 2. The fourth-order valence-corrected chi connectivity index (χ4v) is 3.38. The second-order valence-corrected chi connectivity index (χ2v) is 6.73. The molecule has 0 bridgehead atoms. The average Bonchev–Trinajstić information content (AvgIpc) is 3.17. The monoisotopic (exact) mass is 350 g/mol. The lowest BCUT2D eigenvalue weighted by atomic mass is 10.1. The van der Waals surface area contributed by atoms with Crippen LogP contribution in [0.3, 0.4) is 0 Å².